The minimum atomic E-state index is -3.82. The summed E-state index contributed by atoms with van der Waals surface area (Å²) in [6.45, 7) is 1.89. The largest absolute Gasteiger partial charge is 0.481 e. The minimum Gasteiger partial charge on any atom is -0.481 e. The van der Waals surface area contributed by atoms with E-state index in [1.165, 1.54) is 10.2 Å². The van der Waals surface area contributed by atoms with Crippen LogP contribution in [0.25, 0.3) is 22.0 Å². The molecule has 152 valence electrons. The molecule has 0 bridgehead atoms. The molecule has 7 heteroatoms. The second kappa shape index (κ2) is 7.76. The van der Waals surface area contributed by atoms with Gasteiger partial charge >= 0.3 is 5.97 Å². The fourth-order valence-corrected chi connectivity index (χ4v) is 4.83. The van der Waals surface area contributed by atoms with Crippen molar-refractivity contribution in [3.05, 3.63) is 84.3 Å². The summed E-state index contributed by atoms with van der Waals surface area (Å²) in [5.41, 5.74) is 3.95. The van der Waals surface area contributed by atoms with Crippen LogP contribution in [-0.2, 0) is 21.2 Å². The second-order valence-corrected chi connectivity index (χ2v) is 8.95. The Morgan fingerprint density at radius 3 is 2.50 bits per heavy atom. The molecule has 0 saturated heterocycles. The Balaban J connectivity index is 1.90. The lowest BCUT2D eigenvalue weighted by molar-refractivity contribution is -0.136. The van der Waals surface area contributed by atoms with Gasteiger partial charge in [-0.3, -0.25) is 9.78 Å². The van der Waals surface area contributed by atoms with Gasteiger partial charge in [0.15, 0.2) is 0 Å². The van der Waals surface area contributed by atoms with E-state index in [2.05, 4.69) is 4.98 Å². The van der Waals surface area contributed by atoms with Crippen LogP contribution in [0.15, 0.2) is 78.1 Å². The van der Waals surface area contributed by atoms with Gasteiger partial charge in [-0.15, -0.1) is 0 Å². The summed E-state index contributed by atoms with van der Waals surface area (Å²) in [6.07, 6.45) is 5.11. The third kappa shape index (κ3) is 3.71. The van der Waals surface area contributed by atoms with Gasteiger partial charge in [-0.2, -0.15) is 0 Å². The molecule has 2 heterocycles. The lowest BCUT2D eigenvalue weighted by atomic mass is 10.0. The summed E-state index contributed by atoms with van der Waals surface area (Å²) in [7, 11) is -3.82. The van der Waals surface area contributed by atoms with Gasteiger partial charge in [-0.05, 0) is 54.8 Å². The standard InChI is InChI=1S/C23H20N2O4S/c1-16-4-8-20(9-5-16)30(28,29)25-15-19(7-11-23(26)27)21-13-17(6-10-22(21)25)18-3-2-12-24-14-18/h2-6,8-10,12-15H,7,11H2,1H3,(H,26,27). The second-order valence-electron chi connectivity index (χ2n) is 7.14. The van der Waals surface area contributed by atoms with Crippen molar-refractivity contribution in [3.8, 4) is 11.1 Å². The van der Waals surface area contributed by atoms with Crippen molar-refractivity contribution in [2.45, 2.75) is 24.7 Å². The number of carboxylic acid groups (broad SMARTS) is 1. The number of hydrogen-bond donors (Lipinski definition) is 1. The average molecular weight is 420 g/mol. The molecule has 6 nitrogen and oxygen atoms in total. The van der Waals surface area contributed by atoms with Crippen LogP contribution in [0.2, 0.25) is 0 Å². The number of rotatable bonds is 6. The Hall–Kier alpha value is -3.45. The van der Waals surface area contributed by atoms with Crippen LogP contribution < -0.4 is 0 Å². The van der Waals surface area contributed by atoms with Crippen LogP contribution in [0.4, 0.5) is 0 Å². The van der Waals surface area contributed by atoms with Gasteiger partial charge in [0.25, 0.3) is 10.0 Å². The fourth-order valence-electron chi connectivity index (χ4n) is 3.44. The van der Waals surface area contributed by atoms with Crippen molar-refractivity contribution >= 4 is 26.9 Å². The third-order valence-corrected chi connectivity index (χ3v) is 6.72. The van der Waals surface area contributed by atoms with E-state index in [0.29, 0.717) is 16.5 Å². The summed E-state index contributed by atoms with van der Waals surface area (Å²) >= 11 is 0. The molecule has 1 N–H and O–H groups in total. The van der Waals surface area contributed by atoms with Crippen LogP contribution in [-0.4, -0.2) is 28.5 Å². The Morgan fingerprint density at radius 1 is 1.07 bits per heavy atom. The molecule has 4 aromatic rings. The van der Waals surface area contributed by atoms with Crippen LogP contribution in [0.5, 0.6) is 0 Å². The minimum absolute atomic E-state index is 0.0825. The molecule has 0 spiro atoms. The van der Waals surface area contributed by atoms with Crippen LogP contribution in [0.1, 0.15) is 17.5 Å². The average Bonchev–Trinajstić information content (AvgIpc) is 3.12. The molecule has 0 amide bonds. The predicted molar refractivity (Wildman–Crippen MR) is 115 cm³/mol. The summed E-state index contributed by atoms with van der Waals surface area (Å²) in [4.78, 5) is 15.4. The Labute approximate surface area is 174 Å². The first-order valence-corrected chi connectivity index (χ1v) is 10.9. The topological polar surface area (TPSA) is 89.3 Å². The first-order chi connectivity index (χ1) is 14.4. The highest BCUT2D eigenvalue weighted by Gasteiger charge is 2.22. The summed E-state index contributed by atoms with van der Waals surface area (Å²) in [5, 5.41) is 9.83. The fraction of sp³-hybridized carbons (Fsp3) is 0.130. The number of aromatic nitrogens is 2. The zero-order valence-electron chi connectivity index (χ0n) is 16.3. The highest BCUT2D eigenvalue weighted by atomic mass is 32.2. The molecule has 0 unspecified atom stereocenters. The molecule has 0 saturated carbocycles. The number of aryl methyl sites for hydroxylation is 2. The molecule has 0 aliphatic rings. The molecule has 0 fully saturated rings. The SMILES string of the molecule is Cc1ccc(S(=O)(=O)n2cc(CCC(=O)O)c3cc(-c4cccnc4)ccc32)cc1. The number of benzene rings is 2. The van der Waals surface area contributed by atoms with E-state index >= 15 is 0 Å². The molecule has 0 aliphatic carbocycles. The summed E-state index contributed by atoms with van der Waals surface area (Å²) in [5.74, 6) is -0.930. The number of pyridine rings is 1. The number of hydrogen-bond acceptors (Lipinski definition) is 4. The number of fused-ring (bicyclic) bond motifs is 1. The predicted octanol–water partition coefficient (Wildman–Crippen LogP) is 4.27. The van der Waals surface area contributed by atoms with E-state index in [9.17, 15) is 13.2 Å². The molecule has 30 heavy (non-hydrogen) atoms. The smallest absolute Gasteiger partial charge is 0.303 e. The van der Waals surface area contributed by atoms with Crippen molar-refractivity contribution in [3.63, 3.8) is 0 Å². The summed E-state index contributed by atoms with van der Waals surface area (Å²) < 4.78 is 27.9. The van der Waals surface area contributed by atoms with Crippen molar-refractivity contribution in [2.75, 3.05) is 0 Å². The van der Waals surface area contributed by atoms with Gasteiger partial charge in [0, 0.05) is 36.0 Å². The molecule has 0 aliphatic heterocycles. The van der Waals surface area contributed by atoms with Crippen LogP contribution in [0.3, 0.4) is 0 Å². The van der Waals surface area contributed by atoms with E-state index in [1.807, 2.05) is 31.2 Å². The normalized spacial score (nSPS) is 11.6. The zero-order valence-corrected chi connectivity index (χ0v) is 17.1. The van der Waals surface area contributed by atoms with Gasteiger partial charge in [0.2, 0.25) is 0 Å². The molecule has 2 aromatic heterocycles. The molecule has 4 rings (SSSR count). The number of aliphatic carboxylic acids is 1. The molecule has 0 radical (unpaired) electrons. The van der Waals surface area contributed by atoms with E-state index in [1.54, 1.807) is 42.7 Å². The van der Waals surface area contributed by atoms with E-state index in [-0.39, 0.29) is 17.7 Å². The number of carboxylic acids is 1. The Morgan fingerprint density at radius 2 is 1.83 bits per heavy atom. The van der Waals surface area contributed by atoms with Crippen molar-refractivity contribution in [2.24, 2.45) is 0 Å². The highest BCUT2D eigenvalue weighted by Crippen LogP contribution is 2.31. The van der Waals surface area contributed by atoms with Crippen molar-refractivity contribution in [1.29, 1.82) is 0 Å². The third-order valence-electron chi connectivity index (χ3n) is 5.03. The molecular formula is C23H20N2O4S. The van der Waals surface area contributed by atoms with Gasteiger partial charge in [0.05, 0.1) is 10.4 Å². The van der Waals surface area contributed by atoms with E-state index in [4.69, 9.17) is 5.11 Å². The first-order valence-electron chi connectivity index (χ1n) is 9.45. The monoisotopic (exact) mass is 420 g/mol. The van der Waals surface area contributed by atoms with E-state index in [0.717, 1.165) is 16.7 Å². The number of nitrogens with zero attached hydrogens (tertiary/aromatic N) is 2. The van der Waals surface area contributed by atoms with Crippen LogP contribution in [0, 0.1) is 6.92 Å². The van der Waals surface area contributed by atoms with Crippen LogP contribution >= 0.6 is 0 Å². The lowest BCUT2D eigenvalue weighted by Crippen LogP contribution is -2.11. The quantitative estimate of drug-likeness (QED) is 0.503. The van der Waals surface area contributed by atoms with Crippen molar-refractivity contribution < 1.29 is 18.3 Å². The van der Waals surface area contributed by atoms with Gasteiger partial charge in [-0.25, -0.2) is 12.4 Å². The lowest BCUT2D eigenvalue weighted by Gasteiger charge is -2.08. The summed E-state index contributed by atoms with van der Waals surface area (Å²) in [6, 6.07) is 15.9. The highest BCUT2D eigenvalue weighted by molar-refractivity contribution is 7.90. The van der Waals surface area contributed by atoms with Gasteiger partial charge in [0.1, 0.15) is 0 Å². The van der Waals surface area contributed by atoms with Gasteiger partial charge in [-0.1, -0.05) is 29.8 Å². The molecule has 2 aromatic carbocycles. The zero-order chi connectivity index (χ0) is 21.3. The Kier molecular flexibility index (Phi) is 5.13. The maximum absolute atomic E-state index is 13.3. The Bertz CT molecular complexity index is 1330. The maximum atomic E-state index is 13.3. The number of carbonyl (C=O) groups is 1. The van der Waals surface area contributed by atoms with Crippen molar-refractivity contribution in [1.82, 2.24) is 8.96 Å². The van der Waals surface area contributed by atoms with E-state index < -0.39 is 16.0 Å². The maximum Gasteiger partial charge on any atom is 0.303 e. The van der Waals surface area contributed by atoms with Gasteiger partial charge < -0.3 is 5.11 Å². The molecule has 0 atom stereocenters. The molecular weight excluding hydrogens is 400 g/mol. The first kappa shape index (κ1) is 19.8.